The van der Waals surface area contributed by atoms with Gasteiger partial charge in [0, 0.05) is 33.1 Å². The summed E-state index contributed by atoms with van der Waals surface area (Å²) in [6.45, 7) is 0. The van der Waals surface area contributed by atoms with Gasteiger partial charge in [-0.15, -0.1) is 0 Å². The first-order valence-electron chi connectivity index (χ1n) is 25.3. The maximum Gasteiger partial charge on any atom is 0.0734 e. The zero-order valence-electron chi connectivity index (χ0n) is 40.1. The van der Waals surface area contributed by atoms with E-state index < -0.39 is 5.41 Å². The maximum absolute atomic E-state index is 2.55. The van der Waals surface area contributed by atoms with E-state index in [4.69, 9.17) is 0 Å². The van der Waals surface area contributed by atoms with Gasteiger partial charge in [0.05, 0.1) is 27.8 Å². The first-order chi connectivity index (χ1) is 36.2. The third-order valence-corrected chi connectivity index (χ3v) is 15.3. The monoisotopic (exact) mass is 928 g/mol. The van der Waals surface area contributed by atoms with E-state index >= 15 is 0 Å². The summed E-state index contributed by atoms with van der Waals surface area (Å²) < 4.78 is 2.55. The van der Waals surface area contributed by atoms with E-state index in [1.165, 1.54) is 99.5 Å². The Morgan fingerprint density at radius 3 is 1.51 bits per heavy atom. The van der Waals surface area contributed by atoms with E-state index in [0.29, 0.717) is 0 Å². The Bertz CT molecular complexity index is 4130. The third-order valence-electron chi connectivity index (χ3n) is 15.3. The van der Waals surface area contributed by atoms with Crippen molar-refractivity contribution >= 4 is 49.6 Å². The van der Waals surface area contributed by atoms with Crippen LogP contribution >= 0.6 is 0 Å². The number of hydrogen-bond acceptors (Lipinski definition) is 1. The van der Waals surface area contributed by atoms with Crippen LogP contribution in [-0.2, 0) is 5.41 Å². The molecule has 14 rings (SSSR count). The highest BCUT2D eigenvalue weighted by Crippen LogP contribution is 2.58. The first-order valence-corrected chi connectivity index (χ1v) is 25.3. The number of rotatable bonds is 9. The van der Waals surface area contributed by atoms with E-state index in [9.17, 15) is 0 Å². The van der Waals surface area contributed by atoms with Crippen LogP contribution in [-0.4, -0.2) is 4.57 Å². The summed E-state index contributed by atoms with van der Waals surface area (Å²) in [5.74, 6) is 0. The number of anilines is 3. The van der Waals surface area contributed by atoms with Crippen molar-refractivity contribution in [3.63, 3.8) is 0 Å². The van der Waals surface area contributed by atoms with Gasteiger partial charge >= 0.3 is 0 Å². The van der Waals surface area contributed by atoms with Gasteiger partial charge in [-0.25, -0.2) is 0 Å². The average molecular weight is 929 g/mol. The molecule has 0 radical (unpaired) electrons. The maximum atomic E-state index is 2.55. The largest absolute Gasteiger partial charge is 0.310 e. The van der Waals surface area contributed by atoms with Crippen molar-refractivity contribution in [2.45, 2.75) is 5.41 Å². The molecule has 342 valence electrons. The lowest BCUT2D eigenvalue weighted by Gasteiger charge is -2.35. The van der Waals surface area contributed by atoms with E-state index in [-0.39, 0.29) is 0 Å². The predicted octanol–water partition coefficient (Wildman–Crippen LogP) is 18.8. The highest BCUT2D eigenvalue weighted by molar-refractivity contribution is 6.11. The summed E-state index contributed by atoms with van der Waals surface area (Å²) in [6, 6.07) is 107. The molecular formula is C71H48N2. The lowest BCUT2D eigenvalue weighted by atomic mass is 9.67. The Balaban J connectivity index is 0.921. The van der Waals surface area contributed by atoms with Gasteiger partial charge in [-0.05, 0) is 115 Å². The zero-order chi connectivity index (χ0) is 48.3. The lowest BCUT2D eigenvalue weighted by Crippen LogP contribution is -2.29. The quantitative estimate of drug-likeness (QED) is 0.140. The number of benzene rings is 12. The van der Waals surface area contributed by atoms with Crippen LogP contribution in [0.4, 0.5) is 17.1 Å². The molecule has 0 spiro atoms. The van der Waals surface area contributed by atoms with E-state index in [0.717, 1.165) is 22.6 Å². The van der Waals surface area contributed by atoms with Crippen LogP contribution in [0.15, 0.2) is 291 Å². The number of para-hydroxylation sites is 1. The molecule has 0 saturated heterocycles. The third kappa shape index (κ3) is 6.79. The Hall–Kier alpha value is -9.50. The normalized spacial score (nSPS) is 12.5. The Morgan fingerprint density at radius 2 is 0.795 bits per heavy atom. The predicted molar refractivity (Wildman–Crippen MR) is 307 cm³/mol. The SMILES string of the molecule is c1ccc(-c2ccc(N(c3ccc(-c4ccccc4-c4ccc5c6ccccc6n(-c6cccc7c6C(c6ccccc6)(c6ccccc6)c6ccccc6-7)c5c4)cc3)c3cccc4ccccc34)cc2)cc1. The van der Waals surface area contributed by atoms with Crippen molar-refractivity contribution in [1.82, 2.24) is 4.57 Å². The van der Waals surface area contributed by atoms with Gasteiger partial charge < -0.3 is 9.47 Å². The molecule has 0 fully saturated rings. The van der Waals surface area contributed by atoms with Gasteiger partial charge in [0.25, 0.3) is 0 Å². The van der Waals surface area contributed by atoms with Crippen LogP contribution in [0.2, 0.25) is 0 Å². The molecule has 2 nitrogen and oxygen atoms in total. The van der Waals surface area contributed by atoms with Gasteiger partial charge in [-0.2, -0.15) is 0 Å². The summed E-state index contributed by atoms with van der Waals surface area (Å²) in [7, 11) is 0. The molecule has 73 heavy (non-hydrogen) atoms. The molecule has 1 aliphatic carbocycles. The molecule has 1 aromatic heterocycles. The standard InChI is InChI=1S/C71H48N2/c1-4-20-49(21-5-1)50-38-43-56(44-39-50)72(66-36-18-23-51-22-10-11-30-60(51)66)57-45-40-52(41-46-57)58-28-12-13-29-59(58)53-42-47-63-62-32-15-17-35-67(62)73(69(63)48-53)68-37-19-33-64-61-31-14-16-34-65(61)71(70(64)68,54-24-6-2-7-25-54)55-26-8-3-9-27-55/h1-48H. The minimum atomic E-state index is -0.562. The summed E-state index contributed by atoms with van der Waals surface area (Å²) >= 11 is 0. The molecule has 0 atom stereocenters. The van der Waals surface area contributed by atoms with Crippen LogP contribution in [0.5, 0.6) is 0 Å². The molecule has 0 amide bonds. The second-order valence-electron chi connectivity index (χ2n) is 19.2. The van der Waals surface area contributed by atoms with Crippen molar-refractivity contribution in [3.8, 4) is 50.2 Å². The zero-order valence-corrected chi connectivity index (χ0v) is 40.1. The van der Waals surface area contributed by atoms with Gasteiger partial charge in [0.1, 0.15) is 0 Å². The number of fused-ring (bicyclic) bond motifs is 7. The highest BCUT2D eigenvalue weighted by atomic mass is 15.1. The van der Waals surface area contributed by atoms with Crippen molar-refractivity contribution in [2.24, 2.45) is 0 Å². The van der Waals surface area contributed by atoms with Crippen molar-refractivity contribution in [3.05, 3.63) is 313 Å². The summed E-state index contributed by atoms with van der Waals surface area (Å²) in [4.78, 5) is 2.39. The molecule has 2 heteroatoms. The molecular weight excluding hydrogens is 881 g/mol. The molecule has 0 unspecified atom stereocenters. The highest BCUT2D eigenvalue weighted by Gasteiger charge is 2.48. The topological polar surface area (TPSA) is 8.17 Å². The molecule has 13 aromatic rings. The van der Waals surface area contributed by atoms with Crippen molar-refractivity contribution < 1.29 is 0 Å². The molecule has 12 aromatic carbocycles. The van der Waals surface area contributed by atoms with Crippen LogP contribution < -0.4 is 4.90 Å². The summed E-state index contributed by atoms with van der Waals surface area (Å²) in [6.07, 6.45) is 0. The Labute approximate surface area is 426 Å². The summed E-state index contributed by atoms with van der Waals surface area (Å²) in [5, 5.41) is 4.87. The smallest absolute Gasteiger partial charge is 0.0734 e. The summed E-state index contributed by atoms with van der Waals surface area (Å²) in [5.41, 5.74) is 21.0. The van der Waals surface area contributed by atoms with Crippen LogP contribution in [0.3, 0.4) is 0 Å². The van der Waals surface area contributed by atoms with Crippen molar-refractivity contribution in [2.75, 3.05) is 4.90 Å². The van der Waals surface area contributed by atoms with E-state index in [1.54, 1.807) is 0 Å². The lowest BCUT2D eigenvalue weighted by molar-refractivity contribution is 0.762. The second-order valence-corrected chi connectivity index (χ2v) is 19.2. The number of nitrogens with zero attached hydrogens (tertiary/aromatic N) is 2. The number of hydrogen-bond donors (Lipinski definition) is 0. The molecule has 0 aliphatic heterocycles. The Morgan fingerprint density at radius 1 is 0.301 bits per heavy atom. The fraction of sp³-hybridized carbons (Fsp3) is 0.0141. The van der Waals surface area contributed by atoms with Gasteiger partial charge in [-0.3, -0.25) is 0 Å². The Kier molecular flexibility index (Phi) is 10.1. The average Bonchev–Trinajstić information content (AvgIpc) is 3.97. The fourth-order valence-corrected chi connectivity index (χ4v) is 12.1. The van der Waals surface area contributed by atoms with Crippen LogP contribution in [0.25, 0.3) is 82.8 Å². The van der Waals surface area contributed by atoms with Gasteiger partial charge in [0.15, 0.2) is 0 Å². The van der Waals surface area contributed by atoms with Crippen LogP contribution in [0, 0.1) is 0 Å². The molecule has 0 N–H and O–H groups in total. The fourth-order valence-electron chi connectivity index (χ4n) is 12.1. The van der Waals surface area contributed by atoms with Crippen LogP contribution in [0.1, 0.15) is 22.3 Å². The molecule has 1 aliphatic rings. The molecule has 0 bridgehead atoms. The minimum absolute atomic E-state index is 0.562. The number of aromatic nitrogens is 1. The van der Waals surface area contributed by atoms with E-state index in [2.05, 4.69) is 301 Å². The minimum Gasteiger partial charge on any atom is -0.310 e. The molecule has 1 heterocycles. The first kappa shape index (κ1) is 42.4. The van der Waals surface area contributed by atoms with Gasteiger partial charge in [0.2, 0.25) is 0 Å². The second kappa shape index (κ2) is 17.4. The van der Waals surface area contributed by atoms with Crippen molar-refractivity contribution in [1.29, 1.82) is 0 Å². The van der Waals surface area contributed by atoms with E-state index in [1.807, 2.05) is 0 Å². The van der Waals surface area contributed by atoms with Gasteiger partial charge in [-0.1, -0.05) is 243 Å². The molecule has 0 saturated carbocycles.